The average Bonchev–Trinajstić information content (AvgIpc) is 3.28. The SMILES string of the molecule is CC1CC[C@H]2C(CC[C@@H]3C2CCC2(C)C3CC[C@@H]2C(=O)Cn2nccn2)C1. The standard InChI is InChI=1S/C23H35N3O/c1-15-3-5-17-16(13-15)4-6-19-18(17)9-10-23(2)20(19)7-8-21(23)22(27)14-26-24-11-12-25-26/h11-12,15-21H,3-10,13-14H2,1-2H3/t15?,16?,17-,18?,19+,20?,21+,23?/m0/s1. The number of nitrogens with zero attached hydrogens (tertiary/aromatic N) is 3. The molecule has 0 spiro atoms. The minimum absolute atomic E-state index is 0.221. The predicted molar refractivity (Wildman–Crippen MR) is 105 cm³/mol. The number of Topliss-reactive ketones (excluding diaryl/α,β-unsaturated/α-hetero) is 1. The molecule has 0 bridgehead atoms. The van der Waals surface area contributed by atoms with Crippen LogP contribution < -0.4 is 0 Å². The van der Waals surface area contributed by atoms with Crippen LogP contribution in [0.3, 0.4) is 0 Å². The van der Waals surface area contributed by atoms with E-state index in [9.17, 15) is 4.79 Å². The van der Waals surface area contributed by atoms with E-state index >= 15 is 0 Å². The molecule has 0 aliphatic heterocycles. The molecule has 0 amide bonds. The van der Waals surface area contributed by atoms with Crippen molar-refractivity contribution >= 4 is 5.78 Å². The molecule has 8 atom stereocenters. The summed E-state index contributed by atoms with van der Waals surface area (Å²) < 4.78 is 0. The highest BCUT2D eigenvalue weighted by atomic mass is 16.1. The fraction of sp³-hybridized carbons (Fsp3) is 0.870. The van der Waals surface area contributed by atoms with Gasteiger partial charge in [0.05, 0.1) is 12.4 Å². The van der Waals surface area contributed by atoms with Gasteiger partial charge in [0, 0.05) is 5.92 Å². The van der Waals surface area contributed by atoms with Gasteiger partial charge in [-0.3, -0.25) is 4.79 Å². The minimum Gasteiger partial charge on any atom is -0.297 e. The number of rotatable bonds is 3. The molecule has 0 saturated heterocycles. The Morgan fingerprint density at radius 2 is 1.78 bits per heavy atom. The molecule has 148 valence electrons. The van der Waals surface area contributed by atoms with Crippen molar-refractivity contribution in [1.29, 1.82) is 0 Å². The first-order valence-electron chi connectivity index (χ1n) is 11.4. The normalized spacial score (nSPS) is 46.4. The summed E-state index contributed by atoms with van der Waals surface area (Å²) in [5.41, 5.74) is 0.222. The topological polar surface area (TPSA) is 47.8 Å². The molecule has 0 radical (unpaired) electrons. The van der Waals surface area contributed by atoms with Crippen molar-refractivity contribution in [2.24, 2.45) is 46.8 Å². The third-order valence-electron chi connectivity index (χ3n) is 9.37. The maximum absolute atomic E-state index is 13.1. The van der Waals surface area contributed by atoms with Crippen LogP contribution in [0, 0.1) is 46.8 Å². The number of fused-ring (bicyclic) bond motifs is 5. The van der Waals surface area contributed by atoms with E-state index in [1.807, 2.05) is 0 Å². The van der Waals surface area contributed by atoms with Gasteiger partial charge < -0.3 is 0 Å². The second kappa shape index (κ2) is 6.70. The van der Waals surface area contributed by atoms with E-state index in [1.54, 1.807) is 17.2 Å². The molecular formula is C23H35N3O. The van der Waals surface area contributed by atoms with Gasteiger partial charge in [-0.15, -0.1) is 0 Å². The first-order chi connectivity index (χ1) is 13.1. The minimum atomic E-state index is 0.221. The Hall–Kier alpha value is -1.19. The molecule has 4 nitrogen and oxygen atoms in total. The molecule has 4 heteroatoms. The predicted octanol–water partition coefficient (Wildman–Crippen LogP) is 4.75. The van der Waals surface area contributed by atoms with Crippen LogP contribution in [0.5, 0.6) is 0 Å². The first kappa shape index (κ1) is 17.9. The molecule has 1 aromatic heterocycles. The van der Waals surface area contributed by atoms with Gasteiger partial charge in [-0.25, -0.2) is 0 Å². The van der Waals surface area contributed by atoms with E-state index in [2.05, 4.69) is 24.0 Å². The number of hydrogen-bond donors (Lipinski definition) is 0. The van der Waals surface area contributed by atoms with Gasteiger partial charge in [0.2, 0.25) is 0 Å². The lowest BCUT2D eigenvalue weighted by atomic mass is 9.49. The molecule has 0 aromatic carbocycles. The van der Waals surface area contributed by atoms with Crippen molar-refractivity contribution in [3.05, 3.63) is 12.4 Å². The van der Waals surface area contributed by atoms with Gasteiger partial charge >= 0.3 is 0 Å². The summed E-state index contributed by atoms with van der Waals surface area (Å²) in [6.07, 6.45) is 15.6. The van der Waals surface area contributed by atoms with E-state index in [0.717, 1.165) is 41.9 Å². The van der Waals surface area contributed by atoms with Crippen molar-refractivity contribution in [3.8, 4) is 0 Å². The Labute approximate surface area is 163 Å². The summed E-state index contributed by atoms with van der Waals surface area (Å²) in [4.78, 5) is 14.7. The number of hydrogen-bond acceptors (Lipinski definition) is 3. The van der Waals surface area contributed by atoms with E-state index in [4.69, 9.17) is 0 Å². The summed E-state index contributed by atoms with van der Waals surface area (Å²) in [6, 6.07) is 0. The Morgan fingerprint density at radius 3 is 2.59 bits per heavy atom. The summed E-state index contributed by atoms with van der Waals surface area (Å²) in [7, 11) is 0. The van der Waals surface area contributed by atoms with E-state index in [1.165, 1.54) is 51.4 Å². The van der Waals surface area contributed by atoms with E-state index in [0.29, 0.717) is 12.3 Å². The fourth-order valence-corrected chi connectivity index (χ4v) is 8.19. The smallest absolute Gasteiger partial charge is 0.159 e. The van der Waals surface area contributed by atoms with Crippen LogP contribution in [0.2, 0.25) is 0 Å². The molecule has 4 aliphatic rings. The van der Waals surface area contributed by atoms with Gasteiger partial charge in [-0.2, -0.15) is 15.0 Å². The van der Waals surface area contributed by atoms with Crippen molar-refractivity contribution < 1.29 is 4.79 Å². The lowest BCUT2D eigenvalue weighted by Crippen LogP contribution is -2.49. The van der Waals surface area contributed by atoms with Gasteiger partial charge in [-0.1, -0.05) is 20.3 Å². The molecule has 4 fully saturated rings. The van der Waals surface area contributed by atoms with E-state index < -0.39 is 0 Å². The van der Waals surface area contributed by atoms with Crippen LogP contribution in [0.25, 0.3) is 0 Å². The van der Waals surface area contributed by atoms with Crippen LogP contribution in [0.4, 0.5) is 0 Å². The van der Waals surface area contributed by atoms with Crippen LogP contribution in [-0.2, 0) is 11.3 Å². The molecule has 0 N–H and O–H groups in total. The van der Waals surface area contributed by atoms with Gasteiger partial charge in [0.15, 0.2) is 5.78 Å². The van der Waals surface area contributed by atoms with Crippen LogP contribution >= 0.6 is 0 Å². The summed E-state index contributed by atoms with van der Waals surface area (Å²) in [5, 5.41) is 8.31. The molecule has 5 unspecified atom stereocenters. The second-order valence-corrected chi connectivity index (χ2v) is 10.6. The third-order valence-corrected chi connectivity index (χ3v) is 9.37. The number of carbonyl (C=O) groups excluding carboxylic acids is 1. The Kier molecular flexibility index (Phi) is 4.44. The molecule has 1 aromatic rings. The first-order valence-corrected chi connectivity index (χ1v) is 11.4. The number of aromatic nitrogens is 3. The van der Waals surface area contributed by atoms with Crippen molar-refractivity contribution in [2.75, 3.05) is 0 Å². The third kappa shape index (κ3) is 2.89. The fourth-order valence-electron chi connectivity index (χ4n) is 8.19. The zero-order valence-corrected chi connectivity index (χ0v) is 17.0. The lowest BCUT2D eigenvalue weighted by molar-refractivity contribution is -0.131. The van der Waals surface area contributed by atoms with Crippen LogP contribution in [-0.4, -0.2) is 20.8 Å². The zero-order chi connectivity index (χ0) is 18.6. The Balaban J connectivity index is 1.33. The summed E-state index contributed by atoms with van der Waals surface area (Å²) in [5.74, 6) is 6.15. The average molecular weight is 370 g/mol. The Bertz CT molecular complexity index is 686. The molecule has 4 saturated carbocycles. The highest BCUT2D eigenvalue weighted by Crippen LogP contribution is 2.64. The van der Waals surface area contributed by atoms with Crippen molar-refractivity contribution in [3.63, 3.8) is 0 Å². The van der Waals surface area contributed by atoms with Crippen LogP contribution in [0.15, 0.2) is 12.4 Å². The molecule has 5 rings (SSSR count). The maximum Gasteiger partial charge on any atom is 0.159 e. The van der Waals surface area contributed by atoms with Gasteiger partial charge in [0.1, 0.15) is 6.54 Å². The largest absolute Gasteiger partial charge is 0.297 e. The van der Waals surface area contributed by atoms with E-state index in [-0.39, 0.29) is 11.3 Å². The lowest BCUT2D eigenvalue weighted by Gasteiger charge is -2.56. The molecule has 1 heterocycles. The summed E-state index contributed by atoms with van der Waals surface area (Å²) >= 11 is 0. The molecule has 27 heavy (non-hydrogen) atoms. The molecular weight excluding hydrogens is 334 g/mol. The highest BCUT2D eigenvalue weighted by Gasteiger charge is 2.58. The number of carbonyl (C=O) groups is 1. The number of ketones is 1. The summed E-state index contributed by atoms with van der Waals surface area (Å²) in [6.45, 7) is 5.27. The highest BCUT2D eigenvalue weighted by molar-refractivity contribution is 5.81. The zero-order valence-electron chi connectivity index (χ0n) is 17.0. The van der Waals surface area contributed by atoms with Gasteiger partial charge in [-0.05, 0) is 92.3 Å². The maximum atomic E-state index is 13.1. The Morgan fingerprint density at radius 1 is 1.00 bits per heavy atom. The van der Waals surface area contributed by atoms with Crippen molar-refractivity contribution in [2.45, 2.75) is 78.2 Å². The van der Waals surface area contributed by atoms with Gasteiger partial charge in [0.25, 0.3) is 0 Å². The van der Waals surface area contributed by atoms with Crippen molar-refractivity contribution in [1.82, 2.24) is 15.0 Å². The quantitative estimate of drug-likeness (QED) is 0.772. The second-order valence-electron chi connectivity index (χ2n) is 10.6. The monoisotopic (exact) mass is 369 g/mol. The van der Waals surface area contributed by atoms with Crippen LogP contribution in [0.1, 0.15) is 71.6 Å². The molecule has 4 aliphatic carbocycles.